The Bertz CT molecular complexity index is 735. The van der Waals surface area contributed by atoms with Crippen LogP contribution in [0.25, 0.3) is 0 Å². The fourth-order valence-electron chi connectivity index (χ4n) is 1.84. The van der Waals surface area contributed by atoms with Crippen molar-refractivity contribution in [3.05, 3.63) is 55.4 Å². The molecule has 0 aliphatic rings. The maximum absolute atomic E-state index is 5.99. The molecule has 0 aliphatic heterocycles. The summed E-state index contributed by atoms with van der Waals surface area (Å²) in [5, 5.41) is 5.09. The minimum Gasteiger partial charge on any atom is -0.369 e. The molecule has 2 rings (SSSR count). The molecule has 0 aromatic heterocycles. The fourth-order valence-corrected chi connectivity index (χ4v) is 2.95. The van der Waals surface area contributed by atoms with Gasteiger partial charge in [-0.3, -0.25) is 0 Å². The molecular weight excluding hydrogens is 413 g/mol. The second-order valence-corrected chi connectivity index (χ2v) is 6.86. The highest BCUT2D eigenvalue weighted by molar-refractivity contribution is 6.48. The molecule has 2 aromatic rings. The number of nitrogens with two attached hydrogens (primary N) is 1. The molecule has 0 unspecified atom stereocenters. The summed E-state index contributed by atoms with van der Waals surface area (Å²) in [4.78, 5) is 5.91. The van der Waals surface area contributed by atoms with Crippen LogP contribution in [0.1, 0.15) is 0 Å². The molecule has 0 spiro atoms. The average molecular weight is 427 g/mol. The quantitative estimate of drug-likeness (QED) is 0.370. The molecule has 2 aromatic carbocycles. The van der Waals surface area contributed by atoms with Gasteiger partial charge in [0.2, 0.25) is 0 Å². The van der Waals surface area contributed by atoms with Crippen LogP contribution < -0.4 is 16.0 Å². The third kappa shape index (κ3) is 4.98. The summed E-state index contributed by atoms with van der Waals surface area (Å²) in [5.41, 5.74) is 7.38. The SMILES string of the molecule is CN(C(N)=NCNc1cc(Cl)c(Cl)c(Cl)c1)c1cc(Cl)cc(Cl)c1. The summed E-state index contributed by atoms with van der Waals surface area (Å²) in [5.74, 6) is 0.284. The van der Waals surface area contributed by atoms with E-state index in [2.05, 4.69) is 10.3 Å². The van der Waals surface area contributed by atoms with Crippen LogP contribution >= 0.6 is 58.0 Å². The van der Waals surface area contributed by atoms with Gasteiger partial charge in [-0.05, 0) is 30.3 Å². The van der Waals surface area contributed by atoms with Crippen molar-refractivity contribution in [1.82, 2.24) is 0 Å². The summed E-state index contributed by atoms with van der Waals surface area (Å²) in [6.07, 6.45) is 0. The largest absolute Gasteiger partial charge is 0.369 e. The predicted molar refractivity (Wildman–Crippen MR) is 106 cm³/mol. The molecule has 3 N–H and O–H groups in total. The van der Waals surface area contributed by atoms with E-state index in [1.54, 1.807) is 42.3 Å². The summed E-state index contributed by atoms with van der Waals surface area (Å²) in [6.45, 7) is 0.221. The fraction of sp³-hybridized carbons (Fsp3) is 0.133. The van der Waals surface area contributed by atoms with Crippen molar-refractivity contribution < 1.29 is 0 Å². The highest BCUT2D eigenvalue weighted by Gasteiger charge is 2.08. The van der Waals surface area contributed by atoms with Gasteiger partial charge in [-0.1, -0.05) is 58.0 Å². The summed E-state index contributed by atoms with van der Waals surface area (Å²) < 4.78 is 0. The van der Waals surface area contributed by atoms with Crippen molar-refractivity contribution in [2.24, 2.45) is 10.7 Å². The van der Waals surface area contributed by atoms with Gasteiger partial charge in [0, 0.05) is 28.5 Å². The Morgan fingerprint density at radius 3 is 2.08 bits per heavy atom. The number of nitrogens with one attached hydrogen (secondary N) is 1. The van der Waals surface area contributed by atoms with Gasteiger partial charge in [0.1, 0.15) is 6.67 Å². The van der Waals surface area contributed by atoms with Crippen molar-refractivity contribution in [2.75, 3.05) is 23.9 Å². The first-order chi connectivity index (χ1) is 11.3. The van der Waals surface area contributed by atoms with Crippen LogP contribution in [-0.2, 0) is 0 Å². The lowest BCUT2D eigenvalue weighted by Gasteiger charge is -2.19. The molecule has 0 radical (unpaired) electrons. The zero-order chi connectivity index (χ0) is 17.9. The lowest BCUT2D eigenvalue weighted by Crippen LogP contribution is -2.34. The van der Waals surface area contributed by atoms with Crippen LogP contribution in [0, 0.1) is 0 Å². The van der Waals surface area contributed by atoms with Gasteiger partial charge < -0.3 is 16.0 Å². The molecule has 4 nitrogen and oxygen atoms in total. The van der Waals surface area contributed by atoms with Crippen LogP contribution in [0.15, 0.2) is 35.3 Å². The van der Waals surface area contributed by atoms with Crippen LogP contribution in [-0.4, -0.2) is 19.7 Å². The van der Waals surface area contributed by atoms with E-state index >= 15 is 0 Å². The van der Waals surface area contributed by atoms with E-state index in [1.165, 1.54) is 0 Å². The Morgan fingerprint density at radius 1 is 1.00 bits per heavy atom. The highest BCUT2D eigenvalue weighted by Crippen LogP contribution is 2.33. The van der Waals surface area contributed by atoms with Gasteiger partial charge in [-0.2, -0.15) is 0 Å². The number of aliphatic imine (C=N–C) groups is 1. The Morgan fingerprint density at radius 2 is 1.54 bits per heavy atom. The topological polar surface area (TPSA) is 53.6 Å². The van der Waals surface area contributed by atoms with E-state index in [0.717, 1.165) is 5.69 Å². The molecule has 0 amide bonds. The van der Waals surface area contributed by atoms with Crippen molar-refractivity contribution in [2.45, 2.75) is 0 Å². The monoisotopic (exact) mass is 424 g/mol. The summed E-state index contributed by atoms with van der Waals surface area (Å²) >= 11 is 29.8. The van der Waals surface area contributed by atoms with Crippen molar-refractivity contribution in [1.29, 1.82) is 0 Å². The summed E-state index contributed by atoms with van der Waals surface area (Å²) in [6, 6.07) is 8.43. The molecule has 0 atom stereocenters. The van der Waals surface area contributed by atoms with Gasteiger partial charge in [-0.25, -0.2) is 4.99 Å². The summed E-state index contributed by atoms with van der Waals surface area (Å²) in [7, 11) is 1.76. The molecule has 0 bridgehead atoms. The molecule has 128 valence electrons. The van der Waals surface area contributed by atoms with E-state index in [4.69, 9.17) is 63.7 Å². The number of rotatable bonds is 4. The van der Waals surface area contributed by atoms with Crippen LogP contribution in [0.2, 0.25) is 25.1 Å². The Hall–Kier alpha value is -1.04. The Labute approximate surface area is 165 Å². The number of benzene rings is 2. The van der Waals surface area contributed by atoms with E-state index < -0.39 is 0 Å². The van der Waals surface area contributed by atoms with Gasteiger partial charge >= 0.3 is 0 Å². The second-order valence-electron chi connectivity index (χ2n) is 4.79. The molecule has 24 heavy (non-hydrogen) atoms. The molecule has 0 saturated heterocycles. The number of halogens is 5. The third-order valence-electron chi connectivity index (χ3n) is 3.09. The lowest BCUT2D eigenvalue weighted by molar-refractivity contribution is 1.09. The second kappa shape index (κ2) is 8.37. The van der Waals surface area contributed by atoms with Crippen molar-refractivity contribution in [3.63, 3.8) is 0 Å². The normalized spacial score (nSPS) is 11.5. The third-order valence-corrected chi connectivity index (χ3v) is 4.72. The van der Waals surface area contributed by atoms with Gasteiger partial charge in [0.25, 0.3) is 0 Å². The maximum atomic E-state index is 5.99. The molecule has 0 aliphatic carbocycles. The average Bonchev–Trinajstić information content (AvgIpc) is 2.50. The van der Waals surface area contributed by atoms with E-state index in [1.807, 2.05) is 0 Å². The first-order valence-corrected chi connectivity index (χ1v) is 8.55. The minimum atomic E-state index is 0.221. The standard InChI is InChI=1S/C15H13Cl5N4/c1-24(11-3-8(16)2-9(17)4-11)15(21)23-7-22-10-5-12(18)14(20)13(19)6-10/h2-6,22H,7H2,1H3,(H2,21,23). The van der Waals surface area contributed by atoms with Gasteiger partial charge in [0.15, 0.2) is 5.96 Å². The number of hydrogen-bond acceptors (Lipinski definition) is 2. The lowest BCUT2D eigenvalue weighted by atomic mass is 10.3. The molecular formula is C15H13Cl5N4. The number of anilines is 2. The van der Waals surface area contributed by atoms with Gasteiger partial charge in [-0.15, -0.1) is 0 Å². The smallest absolute Gasteiger partial charge is 0.197 e. The zero-order valence-electron chi connectivity index (χ0n) is 12.5. The minimum absolute atomic E-state index is 0.221. The van der Waals surface area contributed by atoms with E-state index in [9.17, 15) is 0 Å². The van der Waals surface area contributed by atoms with Gasteiger partial charge in [0.05, 0.1) is 15.1 Å². The first-order valence-electron chi connectivity index (χ1n) is 6.66. The molecule has 0 saturated carbocycles. The Balaban J connectivity index is 2.06. The first kappa shape index (κ1) is 19.3. The number of nitrogens with zero attached hydrogens (tertiary/aromatic N) is 2. The van der Waals surface area contributed by atoms with Crippen molar-refractivity contribution in [3.8, 4) is 0 Å². The highest BCUT2D eigenvalue weighted by atomic mass is 35.5. The molecule has 0 fully saturated rings. The molecule has 9 heteroatoms. The van der Waals surface area contributed by atoms with Crippen LogP contribution in [0.4, 0.5) is 11.4 Å². The number of guanidine groups is 1. The van der Waals surface area contributed by atoms with E-state index in [-0.39, 0.29) is 12.6 Å². The van der Waals surface area contributed by atoms with Crippen molar-refractivity contribution >= 4 is 75.3 Å². The zero-order valence-corrected chi connectivity index (χ0v) is 16.2. The number of hydrogen-bond donors (Lipinski definition) is 2. The van der Waals surface area contributed by atoms with Crippen LogP contribution in [0.3, 0.4) is 0 Å². The molecule has 0 heterocycles. The maximum Gasteiger partial charge on any atom is 0.197 e. The predicted octanol–water partition coefficient (Wildman–Crippen LogP) is 5.77. The van der Waals surface area contributed by atoms with E-state index in [0.29, 0.717) is 30.8 Å². The Kier molecular flexibility index (Phi) is 6.72. The van der Waals surface area contributed by atoms with Crippen LogP contribution in [0.5, 0.6) is 0 Å².